The maximum Gasteiger partial charge on any atom is 0.322 e. The molecule has 0 spiro atoms. The first kappa shape index (κ1) is 18.0. The highest BCUT2D eigenvalue weighted by molar-refractivity contribution is 6.35. The van der Waals surface area contributed by atoms with Gasteiger partial charge in [0.05, 0.1) is 13.7 Å². The molecule has 0 bridgehead atoms. The molecule has 0 unspecified atom stereocenters. The molecule has 0 saturated carbocycles. The molecular formula is C20H19Cl2N3O2. The fraction of sp³-hybridized carbons (Fsp3) is 0.250. The number of halogens is 2. The summed E-state index contributed by atoms with van der Waals surface area (Å²) in [5.74, 6) is 0.834. The SMILES string of the molecule is COc1ccc2[nH]c3c(c2c1)CCCN(C(=O)Nc1cc(Cl)cc(Cl)c1)C3. The number of hydrogen-bond donors (Lipinski definition) is 2. The van der Waals surface area contributed by atoms with Gasteiger partial charge in [-0.3, -0.25) is 0 Å². The van der Waals surface area contributed by atoms with Crippen LogP contribution in [0.3, 0.4) is 0 Å². The van der Waals surface area contributed by atoms with Crippen LogP contribution in [0.1, 0.15) is 17.7 Å². The van der Waals surface area contributed by atoms with Gasteiger partial charge in [0, 0.05) is 38.9 Å². The van der Waals surface area contributed by atoms with Gasteiger partial charge in [-0.2, -0.15) is 0 Å². The van der Waals surface area contributed by atoms with E-state index in [9.17, 15) is 4.79 Å². The first-order valence-electron chi connectivity index (χ1n) is 8.73. The number of rotatable bonds is 2. The minimum atomic E-state index is -0.169. The highest BCUT2D eigenvalue weighted by Crippen LogP contribution is 2.30. The second kappa shape index (κ2) is 7.33. The van der Waals surface area contributed by atoms with Crippen molar-refractivity contribution in [3.63, 3.8) is 0 Å². The maximum absolute atomic E-state index is 12.8. The van der Waals surface area contributed by atoms with E-state index in [1.807, 2.05) is 18.2 Å². The standard InChI is InChI=1S/C20H19Cl2N3O2/c1-27-15-4-5-18-17(10-15)16-3-2-6-25(11-19(16)24-18)20(26)23-14-8-12(21)7-13(22)9-14/h4-5,7-10,24H,2-3,6,11H2,1H3,(H,23,26). The summed E-state index contributed by atoms with van der Waals surface area (Å²) in [6.45, 7) is 1.20. The van der Waals surface area contributed by atoms with Crippen molar-refractivity contribution in [2.45, 2.75) is 19.4 Å². The monoisotopic (exact) mass is 403 g/mol. The number of nitrogens with one attached hydrogen (secondary N) is 2. The maximum atomic E-state index is 12.8. The predicted molar refractivity (Wildman–Crippen MR) is 109 cm³/mol. The van der Waals surface area contributed by atoms with Crippen molar-refractivity contribution in [3.05, 3.63) is 57.7 Å². The zero-order valence-electron chi connectivity index (χ0n) is 14.8. The summed E-state index contributed by atoms with van der Waals surface area (Å²) in [6, 6.07) is 10.8. The van der Waals surface area contributed by atoms with Crippen LogP contribution < -0.4 is 10.1 Å². The Labute approximate surface area is 167 Å². The van der Waals surface area contributed by atoms with Gasteiger partial charge in [-0.05, 0) is 54.8 Å². The van der Waals surface area contributed by atoms with E-state index < -0.39 is 0 Å². The van der Waals surface area contributed by atoms with Crippen LogP contribution in [-0.4, -0.2) is 29.6 Å². The number of aromatic amines is 1. The summed E-state index contributed by atoms with van der Waals surface area (Å²) in [5, 5.41) is 5.02. The number of ether oxygens (including phenoxy) is 1. The minimum absolute atomic E-state index is 0.169. The Morgan fingerprint density at radius 1 is 1.19 bits per heavy atom. The van der Waals surface area contributed by atoms with Crippen LogP contribution in [0.2, 0.25) is 10.0 Å². The fourth-order valence-corrected chi connectivity index (χ4v) is 4.07. The number of carbonyl (C=O) groups is 1. The molecule has 0 aliphatic carbocycles. The van der Waals surface area contributed by atoms with E-state index in [1.165, 1.54) is 5.56 Å². The molecule has 4 rings (SSSR count). The predicted octanol–water partition coefficient (Wildman–Crippen LogP) is 5.46. The third-order valence-corrected chi connectivity index (χ3v) is 5.24. The third kappa shape index (κ3) is 3.70. The molecule has 2 amide bonds. The molecule has 27 heavy (non-hydrogen) atoms. The third-order valence-electron chi connectivity index (χ3n) is 4.81. The van der Waals surface area contributed by atoms with Crippen LogP contribution in [0.4, 0.5) is 10.5 Å². The quantitative estimate of drug-likeness (QED) is 0.596. The first-order chi connectivity index (χ1) is 13.0. The number of benzene rings is 2. The molecule has 2 aromatic carbocycles. The van der Waals surface area contributed by atoms with Crippen molar-refractivity contribution in [1.82, 2.24) is 9.88 Å². The number of urea groups is 1. The van der Waals surface area contributed by atoms with Gasteiger partial charge in [0.25, 0.3) is 0 Å². The van der Waals surface area contributed by atoms with Crippen molar-refractivity contribution < 1.29 is 9.53 Å². The summed E-state index contributed by atoms with van der Waals surface area (Å²) in [5.41, 5.74) is 3.97. The van der Waals surface area contributed by atoms with E-state index in [2.05, 4.69) is 10.3 Å². The molecule has 5 nitrogen and oxygen atoms in total. The molecule has 0 radical (unpaired) electrons. The molecule has 1 aromatic heterocycles. The van der Waals surface area contributed by atoms with Crippen LogP contribution in [0.5, 0.6) is 5.75 Å². The van der Waals surface area contributed by atoms with Crippen LogP contribution in [-0.2, 0) is 13.0 Å². The highest BCUT2D eigenvalue weighted by atomic mass is 35.5. The van der Waals surface area contributed by atoms with Crippen molar-refractivity contribution >= 4 is 45.8 Å². The average Bonchev–Trinajstić information content (AvgIpc) is 2.82. The molecular weight excluding hydrogens is 385 g/mol. The van der Waals surface area contributed by atoms with Crippen molar-refractivity contribution in [3.8, 4) is 5.75 Å². The number of methoxy groups -OCH3 is 1. The number of H-pyrrole nitrogens is 1. The second-order valence-electron chi connectivity index (χ2n) is 6.61. The Bertz CT molecular complexity index is 996. The smallest absolute Gasteiger partial charge is 0.322 e. The van der Waals surface area contributed by atoms with Gasteiger partial charge in [0.2, 0.25) is 0 Å². The Morgan fingerprint density at radius 2 is 1.96 bits per heavy atom. The molecule has 1 aliphatic rings. The number of aromatic nitrogens is 1. The lowest BCUT2D eigenvalue weighted by atomic mass is 10.1. The molecule has 7 heteroatoms. The van der Waals surface area contributed by atoms with E-state index in [1.54, 1.807) is 30.2 Å². The number of carbonyl (C=O) groups excluding carboxylic acids is 1. The molecule has 0 atom stereocenters. The van der Waals surface area contributed by atoms with Gasteiger partial charge in [-0.15, -0.1) is 0 Å². The minimum Gasteiger partial charge on any atom is -0.497 e. The van der Waals surface area contributed by atoms with Gasteiger partial charge in [-0.1, -0.05) is 23.2 Å². The van der Waals surface area contributed by atoms with Crippen molar-refractivity contribution in [2.75, 3.05) is 19.0 Å². The molecule has 1 aliphatic heterocycles. The highest BCUT2D eigenvalue weighted by Gasteiger charge is 2.22. The number of nitrogens with zero attached hydrogens (tertiary/aromatic N) is 1. The molecule has 3 aromatic rings. The first-order valence-corrected chi connectivity index (χ1v) is 9.48. The molecule has 0 fully saturated rings. The fourth-order valence-electron chi connectivity index (χ4n) is 3.55. The van der Waals surface area contributed by atoms with E-state index >= 15 is 0 Å². The number of anilines is 1. The largest absolute Gasteiger partial charge is 0.497 e. The van der Waals surface area contributed by atoms with Crippen LogP contribution in [0.25, 0.3) is 10.9 Å². The van der Waals surface area contributed by atoms with Crippen molar-refractivity contribution in [2.24, 2.45) is 0 Å². The molecule has 2 N–H and O–H groups in total. The Hall–Kier alpha value is -2.37. The summed E-state index contributed by atoms with van der Waals surface area (Å²) < 4.78 is 5.35. The Balaban J connectivity index is 1.58. The van der Waals surface area contributed by atoms with Crippen molar-refractivity contribution in [1.29, 1.82) is 0 Å². The Kier molecular flexibility index (Phi) is 4.89. The van der Waals surface area contributed by atoms with Gasteiger partial charge in [-0.25, -0.2) is 4.79 Å². The van der Waals surface area contributed by atoms with E-state index in [4.69, 9.17) is 27.9 Å². The molecule has 2 heterocycles. The normalized spacial score (nSPS) is 14.0. The van der Waals surface area contributed by atoms with E-state index in [0.29, 0.717) is 28.8 Å². The summed E-state index contributed by atoms with van der Waals surface area (Å²) in [6.07, 6.45) is 1.80. The molecule has 140 valence electrons. The zero-order chi connectivity index (χ0) is 19.0. The average molecular weight is 404 g/mol. The van der Waals surface area contributed by atoms with E-state index in [0.717, 1.165) is 35.2 Å². The lowest BCUT2D eigenvalue weighted by Gasteiger charge is -2.21. The lowest BCUT2D eigenvalue weighted by molar-refractivity contribution is 0.209. The topological polar surface area (TPSA) is 57.4 Å². The second-order valence-corrected chi connectivity index (χ2v) is 7.48. The van der Waals surface area contributed by atoms with Crippen LogP contribution in [0, 0.1) is 0 Å². The number of aryl methyl sites for hydroxylation is 1. The lowest BCUT2D eigenvalue weighted by Crippen LogP contribution is -2.34. The van der Waals surface area contributed by atoms with Gasteiger partial charge < -0.3 is 19.9 Å². The van der Waals surface area contributed by atoms with Gasteiger partial charge in [0.15, 0.2) is 0 Å². The zero-order valence-corrected chi connectivity index (χ0v) is 16.3. The van der Waals surface area contributed by atoms with Crippen LogP contribution >= 0.6 is 23.2 Å². The number of amides is 2. The number of fused-ring (bicyclic) bond motifs is 3. The summed E-state index contributed by atoms with van der Waals surface area (Å²) in [7, 11) is 1.67. The van der Waals surface area contributed by atoms with Crippen LogP contribution in [0.15, 0.2) is 36.4 Å². The van der Waals surface area contributed by atoms with Gasteiger partial charge >= 0.3 is 6.03 Å². The summed E-state index contributed by atoms with van der Waals surface area (Å²) >= 11 is 12.0. The number of hydrogen-bond acceptors (Lipinski definition) is 2. The van der Waals surface area contributed by atoms with E-state index in [-0.39, 0.29) is 6.03 Å². The summed E-state index contributed by atoms with van der Waals surface area (Å²) in [4.78, 5) is 18.0. The molecule has 0 saturated heterocycles. The Morgan fingerprint density at radius 3 is 2.70 bits per heavy atom. The van der Waals surface area contributed by atoms with Gasteiger partial charge in [0.1, 0.15) is 5.75 Å².